The lowest BCUT2D eigenvalue weighted by molar-refractivity contribution is 0.102. The lowest BCUT2D eigenvalue weighted by atomic mass is 10.1. The van der Waals surface area contributed by atoms with Crippen molar-refractivity contribution in [2.75, 3.05) is 23.8 Å². The number of benzene rings is 2. The fourth-order valence-electron chi connectivity index (χ4n) is 2.91. The maximum absolute atomic E-state index is 12.4. The molecule has 0 atom stereocenters. The molecule has 0 saturated heterocycles. The molecular formula is C22H21N3O3. The molecule has 2 aromatic carbocycles. The van der Waals surface area contributed by atoms with Gasteiger partial charge in [0, 0.05) is 17.4 Å². The zero-order valence-electron chi connectivity index (χ0n) is 15.6. The van der Waals surface area contributed by atoms with Gasteiger partial charge >= 0.3 is 0 Å². The minimum atomic E-state index is -0.241. The lowest BCUT2D eigenvalue weighted by Gasteiger charge is -2.19. The molecule has 0 fully saturated rings. The third-order valence-corrected chi connectivity index (χ3v) is 4.45. The van der Waals surface area contributed by atoms with E-state index in [1.165, 1.54) is 5.56 Å². The number of amides is 1. The van der Waals surface area contributed by atoms with Gasteiger partial charge in [-0.1, -0.05) is 19.1 Å². The first-order chi connectivity index (χ1) is 13.7. The molecular weight excluding hydrogens is 354 g/mol. The molecule has 142 valence electrons. The summed E-state index contributed by atoms with van der Waals surface area (Å²) in [5.41, 5.74) is 3.97. The lowest BCUT2D eigenvalue weighted by Crippen LogP contribution is -2.15. The van der Waals surface area contributed by atoms with Crippen molar-refractivity contribution < 1.29 is 14.3 Å². The van der Waals surface area contributed by atoms with Crippen molar-refractivity contribution in [2.24, 2.45) is 0 Å². The van der Waals surface area contributed by atoms with Crippen LogP contribution in [0.5, 0.6) is 11.5 Å². The number of aryl methyl sites for hydroxylation is 1. The third-order valence-electron chi connectivity index (χ3n) is 4.45. The molecule has 0 aliphatic carbocycles. The molecule has 0 unspecified atom stereocenters. The van der Waals surface area contributed by atoms with Gasteiger partial charge in [0.1, 0.15) is 18.9 Å². The Kier molecular flexibility index (Phi) is 5.10. The first-order valence-electron chi connectivity index (χ1n) is 9.24. The number of carbonyl (C=O) groups is 1. The maximum atomic E-state index is 12.4. The van der Waals surface area contributed by atoms with Gasteiger partial charge < -0.3 is 20.1 Å². The van der Waals surface area contributed by atoms with Crippen molar-refractivity contribution in [1.29, 1.82) is 0 Å². The van der Waals surface area contributed by atoms with Crippen LogP contribution in [0, 0.1) is 0 Å². The number of hydrogen-bond acceptors (Lipinski definition) is 5. The van der Waals surface area contributed by atoms with Crippen molar-refractivity contribution in [3.8, 4) is 11.5 Å². The van der Waals surface area contributed by atoms with Crippen LogP contribution in [0.2, 0.25) is 0 Å². The molecule has 3 aromatic rings. The molecule has 0 bridgehead atoms. The van der Waals surface area contributed by atoms with E-state index in [1.807, 2.05) is 48.5 Å². The Morgan fingerprint density at radius 2 is 1.64 bits per heavy atom. The van der Waals surface area contributed by atoms with E-state index in [4.69, 9.17) is 9.47 Å². The zero-order chi connectivity index (χ0) is 19.3. The predicted octanol–water partition coefficient (Wildman–Crippen LogP) is 4.41. The second-order valence-corrected chi connectivity index (χ2v) is 6.42. The number of pyridine rings is 1. The normalized spacial score (nSPS) is 12.3. The number of nitrogens with zero attached hydrogens (tertiary/aromatic N) is 1. The summed E-state index contributed by atoms with van der Waals surface area (Å²) in [6.45, 7) is 3.21. The van der Waals surface area contributed by atoms with Gasteiger partial charge in [-0.3, -0.25) is 4.79 Å². The fraction of sp³-hybridized carbons (Fsp3) is 0.182. The Morgan fingerprint density at radius 1 is 0.929 bits per heavy atom. The number of fused-ring (bicyclic) bond motifs is 1. The fourth-order valence-corrected chi connectivity index (χ4v) is 2.91. The van der Waals surface area contributed by atoms with Gasteiger partial charge in [0.05, 0.1) is 11.9 Å². The van der Waals surface area contributed by atoms with Gasteiger partial charge in [0.25, 0.3) is 5.91 Å². The van der Waals surface area contributed by atoms with Crippen molar-refractivity contribution in [2.45, 2.75) is 13.3 Å². The third kappa shape index (κ3) is 4.06. The molecule has 0 saturated carbocycles. The van der Waals surface area contributed by atoms with Crippen LogP contribution in [0.15, 0.2) is 60.8 Å². The molecule has 6 nitrogen and oxygen atoms in total. The maximum Gasteiger partial charge on any atom is 0.274 e. The molecule has 6 heteroatoms. The van der Waals surface area contributed by atoms with E-state index in [-0.39, 0.29) is 5.91 Å². The molecule has 0 radical (unpaired) electrons. The van der Waals surface area contributed by atoms with Gasteiger partial charge in [-0.2, -0.15) is 0 Å². The topological polar surface area (TPSA) is 72.5 Å². The van der Waals surface area contributed by atoms with Crippen LogP contribution in [-0.2, 0) is 6.42 Å². The quantitative estimate of drug-likeness (QED) is 0.691. The minimum Gasteiger partial charge on any atom is -0.486 e. The van der Waals surface area contributed by atoms with E-state index in [0.29, 0.717) is 24.7 Å². The van der Waals surface area contributed by atoms with Crippen LogP contribution in [0.4, 0.5) is 17.1 Å². The highest BCUT2D eigenvalue weighted by atomic mass is 16.6. The molecule has 4 rings (SSSR count). The van der Waals surface area contributed by atoms with Gasteiger partial charge in [-0.25, -0.2) is 4.98 Å². The van der Waals surface area contributed by atoms with Crippen LogP contribution in [0.1, 0.15) is 23.0 Å². The van der Waals surface area contributed by atoms with E-state index in [2.05, 4.69) is 22.5 Å². The number of anilines is 3. The van der Waals surface area contributed by atoms with E-state index in [0.717, 1.165) is 29.2 Å². The summed E-state index contributed by atoms with van der Waals surface area (Å²) in [6.07, 6.45) is 2.60. The summed E-state index contributed by atoms with van der Waals surface area (Å²) in [7, 11) is 0. The predicted molar refractivity (Wildman–Crippen MR) is 109 cm³/mol. The number of rotatable bonds is 5. The Balaban J connectivity index is 1.41. The van der Waals surface area contributed by atoms with Crippen molar-refractivity contribution >= 4 is 23.0 Å². The second kappa shape index (κ2) is 8.00. The van der Waals surface area contributed by atoms with Crippen LogP contribution in [-0.4, -0.2) is 24.1 Å². The van der Waals surface area contributed by atoms with Crippen molar-refractivity contribution in [3.05, 3.63) is 72.1 Å². The summed E-state index contributed by atoms with van der Waals surface area (Å²) in [5, 5.41) is 6.11. The monoisotopic (exact) mass is 375 g/mol. The summed E-state index contributed by atoms with van der Waals surface area (Å²) in [4.78, 5) is 16.6. The highest BCUT2D eigenvalue weighted by Crippen LogP contribution is 2.33. The van der Waals surface area contributed by atoms with E-state index >= 15 is 0 Å². The summed E-state index contributed by atoms with van der Waals surface area (Å²) in [6, 6.07) is 17.0. The number of hydrogen-bond donors (Lipinski definition) is 2. The zero-order valence-corrected chi connectivity index (χ0v) is 15.6. The molecule has 1 amide bonds. The summed E-state index contributed by atoms with van der Waals surface area (Å²) < 4.78 is 11.1. The van der Waals surface area contributed by atoms with Crippen molar-refractivity contribution in [3.63, 3.8) is 0 Å². The van der Waals surface area contributed by atoms with Crippen LogP contribution >= 0.6 is 0 Å². The first kappa shape index (κ1) is 17.9. The summed E-state index contributed by atoms with van der Waals surface area (Å²) in [5.74, 6) is 1.22. The Bertz CT molecular complexity index is 969. The highest BCUT2D eigenvalue weighted by molar-refractivity contribution is 6.02. The molecule has 2 heterocycles. The van der Waals surface area contributed by atoms with Gasteiger partial charge in [0.15, 0.2) is 11.5 Å². The van der Waals surface area contributed by atoms with Gasteiger partial charge in [-0.15, -0.1) is 0 Å². The minimum absolute atomic E-state index is 0.241. The highest BCUT2D eigenvalue weighted by Gasteiger charge is 2.12. The Hall–Kier alpha value is -3.54. The molecule has 1 aliphatic heterocycles. The molecule has 0 spiro atoms. The first-order valence-corrected chi connectivity index (χ1v) is 9.24. The molecule has 2 N–H and O–H groups in total. The number of carbonyl (C=O) groups excluding carboxylic acids is 1. The standard InChI is InChI=1S/C22H21N3O3/c1-2-15-3-5-16(6-4-15)25-22(26)19-9-7-18(14-23-19)24-17-8-10-20-21(13-17)28-12-11-27-20/h3-10,13-14,24H,2,11-12H2,1H3,(H,25,26). The van der Waals surface area contributed by atoms with E-state index in [1.54, 1.807) is 12.3 Å². The largest absolute Gasteiger partial charge is 0.486 e. The van der Waals surface area contributed by atoms with Crippen LogP contribution in [0.3, 0.4) is 0 Å². The number of nitrogens with one attached hydrogen (secondary N) is 2. The smallest absolute Gasteiger partial charge is 0.274 e. The van der Waals surface area contributed by atoms with Gasteiger partial charge in [-0.05, 0) is 48.4 Å². The molecule has 28 heavy (non-hydrogen) atoms. The van der Waals surface area contributed by atoms with E-state index < -0.39 is 0 Å². The van der Waals surface area contributed by atoms with Crippen LogP contribution in [0.25, 0.3) is 0 Å². The number of ether oxygens (including phenoxy) is 2. The Labute approximate surface area is 163 Å². The van der Waals surface area contributed by atoms with Crippen molar-refractivity contribution in [1.82, 2.24) is 4.98 Å². The SMILES string of the molecule is CCc1ccc(NC(=O)c2ccc(Nc3ccc4c(c3)OCCO4)cn2)cc1. The average Bonchev–Trinajstić information content (AvgIpc) is 2.75. The Morgan fingerprint density at radius 3 is 2.36 bits per heavy atom. The molecule has 1 aliphatic rings. The van der Waals surface area contributed by atoms with E-state index in [9.17, 15) is 4.79 Å². The van der Waals surface area contributed by atoms with Gasteiger partial charge in [0.2, 0.25) is 0 Å². The molecule has 1 aromatic heterocycles. The van der Waals surface area contributed by atoms with Crippen LogP contribution < -0.4 is 20.1 Å². The summed E-state index contributed by atoms with van der Waals surface area (Å²) >= 11 is 0. The second-order valence-electron chi connectivity index (χ2n) is 6.42. The average molecular weight is 375 g/mol. The number of aromatic nitrogens is 1.